The Balaban J connectivity index is 0.00000216. The third kappa shape index (κ3) is 6.44. The molecular formula is C24H28ClN3O5S. The van der Waals surface area contributed by atoms with Crippen LogP contribution in [0.3, 0.4) is 0 Å². The number of imidazole rings is 1. The number of hydrogen-bond acceptors (Lipinski definition) is 7. The molecule has 2 atom stereocenters. The Bertz CT molecular complexity index is 1040. The quantitative estimate of drug-likeness (QED) is 0.442. The molecule has 1 amide bonds. The van der Waals surface area contributed by atoms with E-state index in [9.17, 15) is 4.79 Å². The van der Waals surface area contributed by atoms with Crippen LogP contribution in [0.5, 0.6) is 5.75 Å². The minimum Gasteiger partial charge on any atom is -1.00 e. The summed E-state index contributed by atoms with van der Waals surface area (Å²) in [4.78, 5) is 16.8. The first-order chi connectivity index (χ1) is 16.1. The first-order valence-electron chi connectivity index (χ1n) is 10.7. The summed E-state index contributed by atoms with van der Waals surface area (Å²) in [7, 11) is 1.64. The van der Waals surface area contributed by atoms with Gasteiger partial charge in [0.1, 0.15) is 5.75 Å². The van der Waals surface area contributed by atoms with Crippen molar-refractivity contribution < 1.29 is 37.6 Å². The Morgan fingerprint density at radius 2 is 2.03 bits per heavy atom. The van der Waals surface area contributed by atoms with Crippen molar-refractivity contribution in [2.24, 2.45) is 0 Å². The van der Waals surface area contributed by atoms with Gasteiger partial charge in [-0.2, -0.15) is 0 Å². The molecule has 2 aromatic carbocycles. The van der Waals surface area contributed by atoms with Crippen molar-refractivity contribution in [3.8, 4) is 5.75 Å². The second-order valence-electron chi connectivity index (χ2n) is 7.45. The number of ether oxygens (including phenoxy) is 4. The lowest BCUT2D eigenvalue weighted by Gasteiger charge is -2.29. The fourth-order valence-corrected chi connectivity index (χ4v) is 4.42. The van der Waals surface area contributed by atoms with E-state index in [1.54, 1.807) is 38.3 Å². The Morgan fingerprint density at radius 1 is 1.26 bits per heavy atom. The lowest BCUT2D eigenvalue weighted by molar-refractivity contribution is -0.184. The monoisotopic (exact) mass is 505 g/mol. The number of nitrogens with one attached hydrogen (secondary N) is 1. The lowest BCUT2D eigenvalue weighted by Crippen LogP contribution is -3.00. The molecule has 0 saturated carbocycles. The standard InChI is InChI=1S/C24H27N3O5S.ClH/c1-3-30-23(28)26-19-6-10-22(11-7-19)33-15-21-14-31-24(32-21,16-27-13-12-25-17-27)18-4-8-20(29-2)9-5-18;/h4-13,17,21H,3,14-16H2,1-2H3,(H,26,28);1H/t21-,24+;/m1./s1. The minimum absolute atomic E-state index is 0. The van der Waals surface area contributed by atoms with Crippen LogP contribution in [0.15, 0.2) is 72.1 Å². The van der Waals surface area contributed by atoms with Gasteiger partial charge in [-0.15, -0.1) is 11.8 Å². The molecule has 0 unspecified atom stereocenters. The number of carbonyl (C=O) groups is 1. The van der Waals surface area contributed by atoms with Gasteiger partial charge in [-0.3, -0.25) is 5.32 Å². The summed E-state index contributed by atoms with van der Waals surface area (Å²) in [6.07, 6.45) is 4.85. The predicted octanol–water partition coefficient (Wildman–Crippen LogP) is 1.64. The average Bonchev–Trinajstić information content (AvgIpc) is 3.50. The van der Waals surface area contributed by atoms with Gasteiger partial charge in [0.05, 0.1) is 39.3 Å². The third-order valence-corrected chi connectivity index (χ3v) is 6.30. The number of aromatic nitrogens is 2. The summed E-state index contributed by atoms with van der Waals surface area (Å²) in [6.45, 7) is 3.08. The molecule has 1 fully saturated rings. The summed E-state index contributed by atoms with van der Waals surface area (Å²) >= 11 is 1.68. The Labute approximate surface area is 210 Å². The number of methoxy groups -OCH3 is 1. The van der Waals surface area contributed by atoms with Crippen molar-refractivity contribution in [1.82, 2.24) is 9.55 Å². The Kier molecular flexibility index (Phi) is 9.23. The highest BCUT2D eigenvalue weighted by Crippen LogP contribution is 2.38. The zero-order chi connectivity index (χ0) is 23.1. The minimum atomic E-state index is -0.897. The highest BCUT2D eigenvalue weighted by atomic mass is 35.5. The van der Waals surface area contributed by atoms with E-state index in [4.69, 9.17) is 18.9 Å². The van der Waals surface area contributed by atoms with Gasteiger partial charge in [-0.1, -0.05) is 0 Å². The fraction of sp³-hybridized carbons (Fsp3) is 0.333. The highest BCUT2D eigenvalue weighted by molar-refractivity contribution is 7.99. The molecule has 0 spiro atoms. The van der Waals surface area contributed by atoms with Gasteiger partial charge >= 0.3 is 7.52 Å². The van der Waals surface area contributed by atoms with Crippen molar-refractivity contribution in [3.05, 3.63) is 72.8 Å². The van der Waals surface area contributed by atoms with Crippen molar-refractivity contribution in [3.63, 3.8) is 0 Å². The number of anilines is 1. The maximum atomic E-state index is 11.5. The summed E-state index contributed by atoms with van der Waals surface area (Å²) in [5.74, 6) is 0.612. The summed E-state index contributed by atoms with van der Waals surface area (Å²) < 4.78 is 24.9. The van der Waals surface area contributed by atoms with Crippen LogP contribution in [0.2, 0.25) is 0 Å². The maximum absolute atomic E-state index is 11.5. The number of halogens is 1. The van der Waals surface area contributed by atoms with Gasteiger partial charge in [0, 0.05) is 34.3 Å². The molecule has 2 heterocycles. The SMILES string of the molecule is CCOC(=O)Nc1ccc(SC[C@H]2CO[C@](Cn3ccnc3)(c3ccc(OC)cc3)O2)cc1.[Cl-].[H+]. The Morgan fingerprint density at radius 3 is 2.68 bits per heavy atom. The van der Waals surface area contributed by atoms with E-state index in [0.29, 0.717) is 25.4 Å². The number of carbonyl (C=O) groups excluding carboxylic acids is 1. The smallest absolute Gasteiger partial charge is 1.00 e. The molecule has 1 saturated heterocycles. The van der Waals surface area contributed by atoms with E-state index >= 15 is 0 Å². The van der Waals surface area contributed by atoms with Crippen LogP contribution in [0, 0.1) is 0 Å². The molecule has 182 valence electrons. The summed E-state index contributed by atoms with van der Waals surface area (Å²) in [5.41, 5.74) is 1.62. The van der Waals surface area contributed by atoms with Gasteiger partial charge in [0.2, 0.25) is 5.79 Å². The normalized spacial score (nSPS) is 19.3. The molecule has 10 heteroatoms. The molecule has 1 aliphatic rings. The molecule has 0 aliphatic carbocycles. The number of thioether (sulfide) groups is 1. The van der Waals surface area contributed by atoms with Crippen LogP contribution >= 0.6 is 11.8 Å². The molecule has 1 aromatic heterocycles. The van der Waals surface area contributed by atoms with Crippen LogP contribution in [0.4, 0.5) is 10.5 Å². The Hall–Kier alpha value is -2.72. The van der Waals surface area contributed by atoms with Crippen molar-refractivity contribution >= 4 is 23.5 Å². The largest absolute Gasteiger partial charge is 1.00 e. The van der Waals surface area contributed by atoms with E-state index < -0.39 is 11.9 Å². The van der Waals surface area contributed by atoms with Crippen molar-refractivity contribution in [2.75, 3.05) is 31.4 Å². The molecule has 3 aromatic rings. The van der Waals surface area contributed by atoms with Crippen LogP contribution < -0.4 is 22.5 Å². The third-order valence-electron chi connectivity index (χ3n) is 5.15. The maximum Gasteiger partial charge on any atom is 1.00 e. The van der Waals surface area contributed by atoms with Gasteiger partial charge in [0.15, 0.2) is 0 Å². The molecule has 1 N–H and O–H groups in total. The summed E-state index contributed by atoms with van der Waals surface area (Å²) in [5, 5.41) is 2.69. The zero-order valence-corrected chi connectivity index (χ0v) is 20.6. The van der Waals surface area contributed by atoms with E-state index in [-0.39, 0.29) is 19.9 Å². The number of hydrogen-bond donors (Lipinski definition) is 1. The number of nitrogens with zero attached hydrogens (tertiary/aromatic N) is 2. The molecule has 8 nitrogen and oxygen atoms in total. The van der Waals surface area contributed by atoms with E-state index in [1.807, 2.05) is 59.3 Å². The van der Waals surface area contributed by atoms with Crippen LogP contribution in [0.1, 0.15) is 13.9 Å². The average molecular weight is 506 g/mol. The first-order valence-corrected chi connectivity index (χ1v) is 11.7. The number of amides is 1. The zero-order valence-electron chi connectivity index (χ0n) is 20.0. The molecule has 0 radical (unpaired) electrons. The van der Waals surface area contributed by atoms with Crippen LogP contribution in [-0.4, -0.2) is 47.8 Å². The van der Waals surface area contributed by atoms with Gasteiger partial charge in [0.25, 0.3) is 0 Å². The summed E-state index contributed by atoms with van der Waals surface area (Å²) in [6, 6.07) is 15.4. The van der Waals surface area contributed by atoms with Crippen molar-refractivity contribution in [2.45, 2.75) is 30.3 Å². The molecule has 4 rings (SSSR count). The first kappa shape index (κ1) is 25.9. The molecule has 34 heavy (non-hydrogen) atoms. The molecule has 0 bridgehead atoms. The van der Waals surface area contributed by atoms with E-state index in [2.05, 4.69) is 10.3 Å². The lowest BCUT2D eigenvalue weighted by atomic mass is 10.1. The van der Waals surface area contributed by atoms with Crippen LogP contribution in [-0.2, 0) is 26.5 Å². The second-order valence-corrected chi connectivity index (χ2v) is 8.54. The second kappa shape index (κ2) is 12.1. The van der Waals surface area contributed by atoms with Crippen molar-refractivity contribution in [1.29, 1.82) is 0 Å². The van der Waals surface area contributed by atoms with E-state index in [1.165, 1.54) is 0 Å². The topological polar surface area (TPSA) is 83.8 Å². The molecule has 1 aliphatic heterocycles. The number of rotatable bonds is 9. The van der Waals surface area contributed by atoms with Gasteiger partial charge < -0.3 is 35.9 Å². The number of benzene rings is 2. The van der Waals surface area contributed by atoms with Crippen LogP contribution in [0.25, 0.3) is 0 Å². The predicted molar refractivity (Wildman–Crippen MR) is 127 cm³/mol. The molecular weight excluding hydrogens is 478 g/mol. The van der Waals surface area contributed by atoms with E-state index in [0.717, 1.165) is 22.0 Å². The fourth-order valence-electron chi connectivity index (χ4n) is 3.55. The van der Waals surface area contributed by atoms with Gasteiger partial charge in [-0.05, 0) is 55.5 Å². The highest BCUT2D eigenvalue weighted by Gasteiger charge is 2.43. The van der Waals surface area contributed by atoms with Gasteiger partial charge in [-0.25, -0.2) is 9.78 Å².